The largest absolute Gasteiger partial charge is 0.506 e. The lowest BCUT2D eigenvalue weighted by atomic mass is 10.1. The molecular formula is C20H17ClN2O3S2. The lowest BCUT2D eigenvalue weighted by molar-refractivity contribution is -0.126. The van der Waals surface area contributed by atoms with Crippen molar-refractivity contribution in [2.45, 2.75) is 13.3 Å². The van der Waals surface area contributed by atoms with Crippen LogP contribution in [0.25, 0.3) is 6.08 Å². The standard InChI is InChI=1S/C20H17ClN2O3S2/c1-2-12-3-5-13(6-4-12)9-17-19(26)23(20(27)28-17)11-18(25)22-15-10-14(21)7-8-16(15)24/h3-10,24H,2,11H2,1H3,(H,22,25)/b17-9-. The molecule has 1 heterocycles. The Morgan fingerprint density at radius 1 is 1.29 bits per heavy atom. The first-order valence-electron chi connectivity index (χ1n) is 8.50. The van der Waals surface area contributed by atoms with Gasteiger partial charge in [-0.15, -0.1) is 0 Å². The van der Waals surface area contributed by atoms with Gasteiger partial charge in [-0.2, -0.15) is 0 Å². The summed E-state index contributed by atoms with van der Waals surface area (Å²) in [4.78, 5) is 26.7. The molecule has 2 aromatic carbocycles. The van der Waals surface area contributed by atoms with Crippen LogP contribution >= 0.6 is 35.6 Å². The van der Waals surface area contributed by atoms with Gasteiger partial charge < -0.3 is 10.4 Å². The van der Waals surface area contributed by atoms with Crippen molar-refractivity contribution < 1.29 is 14.7 Å². The van der Waals surface area contributed by atoms with E-state index in [4.69, 9.17) is 23.8 Å². The zero-order valence-electron chi connectivity index (χ0n) is 14.9. The van der Waals surface area contributed by atoms with Gasteiger partial charge in [-0.25, -0.2) is 0 Å². The predicted octanol–water partition coefficient (Wildman–Crippen LogP) is 4.45. The normalized spacial score (nSPS) is 15.4. The summed E-state index contributed by atoms with van der Waals surface area (Å²) < 4.78 is 0.312. The number of halogens is 1. The van der Waals surface area contributed by atoms with Crippen LogP contribution in [0.5, 0.6) is 5.75 Å². The number of rotatable bonds is 5. The van der Waals surface area contributed by atoms with Crippen molar-refractivity contribution >= 4 is 63.5 Å². The maximum atomic E-state index is 12.7. The number of anilines is 1. The molecule has 144 valence electrons. The van der Waals surface area contributed by atoms with Gasteiger partial charge >= 0.3 is 0 Å². The highest BCUT2D eigenvalue weighted by Gasteiger charge is 2.33. The molecule has 2 N–H and O–H groups in total. The zero-order chi connectivity index (χ0) is 20.3. The Morgan fingerprint density at radius 2 is 2.00 bits per heavy atom. The fourth-order valence-electron chi connectivity index (χ4n) is 2.58. The molecule has 0 aliphatic carbocycles. The van der Waals surface area contributed by atoms with E-state index in [9.17, 15) is 14.7 Å². The molecule has 8 heteroatoms. The van der Waals surface area contributed by atoms with E-state index in [0.717, 1.165) is 23.7 Å². The third-order valence-corrected chi connectivity index (χ3v) is 5.71. The number of hydrogen-bond donors (Lipinski definition) is 2. The molecule has 0 atom stereocenters. The maximum Gasteiger partial charge on any atom is 0.266 e. The average molecular weight is 433 g/mol. The van der Waals surface area contributed by atoms with Gasteiger partial charge in [-0.3, -0.25) is 14.5 Å². The van der Waals surface area contributed by atoms with E-state index in [2.05, 4.69) is 12.2 Å². The lowest BCUT2D eigenvalue weighted by Crippen LogP contribution is -2.36. The number of carbonyl (C=O) groups is 2. The molecule has 0 spiro atoms. The smallest absolute Gasteiger partial charge is 0.266 e. The van der Waals surface area contributed by atoms with Crippen LogP contribution in [-0.2, 0) is 16.0 Å². The number of carbonyl (C=O) groups excluding carboxylic acids is 2. The summed E-state index contributed by atoms with van der Waals surface area (Å²) in [5, 5.41) is 12.7. The second-order valence-electron chi connectivity index (χ2n) is 6.07. The third-order valence-electron chi connectivity index (χ3n) is 4.09. The Labute approximate surface area is 177 Å². The van der Waals surface area contributed by atoms with Crippen molar-refractivity contribution in [3.8, 4) is 5.75 Å². The topological polar surface area (TPSA) is 69.6 Å². The Bertz CT molecular complexity index is 974. The first-order valence-corrected chi connectivity index (χ1v) is 10.1. The Kier molecular flexibility index (Phi) is 6.39. The number of aromatic hydroxyl groups is 1. The van der Waals surface area contributed by atoms with Gasteiger partial charge in [0.1, 0.15) is 16.6 Å². The van der Waals surface area contributed by atoms with E-state index in [1.807, 2.05) is 24.3 Å². The molecule has 0 radical (unpaired) electrons. The van der Waals surface area contributed by atoms with Crippen LogP contribution in [0.1, 0.15) is 18.1 Å². The number of nitrogens with one attached hydrogen (secondary N) is 1. The molecule has 0 unspecified atom stereocenters. The highest BCUT2D eigenvalue weighted by molar-refractivity contribution is 8.26. The van der Waals surface area contributed by atoms with E-state index in [-0.39, 0.29) is 23.9 Å². The number of thiocarbonyl (C=S) groups is 1. The van der Waals surface area contributed by atoms with Crippen LogP contribution in [0, 0.1) is 0 Å². The summed E-state index contributed by atoms with van der Waals surface area (Å²) in [6.07, 6.45) is 2.71. The molecule has 1 saturated heterocycles. The molecule has 1 fully saturated rings. The number of phenols is 1. The molecule has 2 aromatic rings. The highest BCUT2D eigenvalue weighted by atomic mass is 35.5. The first kappa shape index (κ1) is 20.4. The van der Waals surface area contributed by atoms with E-state index in [0.29, 0.717) is 14.2 Å². The van der Waals surface area contributed by atoms with Crippen LogP contribution in [-0.4, -0.2) is 32.7 Å². The third kappa shape index (κ3) is 4.73. The van der Waals surface area contributed by atoms with Crippen molar-refractivity contribution in [1.82, 2.24) is 4.90 Å². The summed E-state index contributed by atoms with van der Waals surface area (Å²) in [6, 6.07) is 12.2. The van der Waals surface area contributed by atoms with Gasteiger partial charge in [-0.1, -0.05) is 66.8 Å². The van der Waals surface area contributed by atoms with Gasteiger partial charge in [0.25, 0.3) is 5.91 Å². The van der Waals surface area contributed by atoms with Crippen molar-refractivity contribution in [2.24, 2.45) is 0 Å². The minimum Gasteiger partial charge on any atom is -0.506 e. The monoisotopic (exact) mass is 432 g/mol. The molecule has 28 heavy (non-hydrogen) atoms. The molecular weight excluding hydrogens is 416 g/mol. The molecule has 2 amide bonds. The molecule has 1 aliphatic rings. The second-order valence-corrected chi connectivity index (χ2v) is 8.18. The van der Waals surface area contributed by atoms with Crippen LogP contribution in [0.2, 0.25) is 5.02 Å². The van der Waals surface area contributed by atoms with Crippen molar-refractivity contribution in [1.29, 1.82) is 0 Å². The van der Waals surface area contributed by atoms with Gasteiger partial charge in [0.15, 0.2) is 0 Å². The van der Waals surface area contributed by atoms with E-state index in [1.54, 1.807) is 6.08 Å². The van der Waals surface area contributed by atoms with Crippen LogP contribution in [0.15, 0.2) is 47.4 Å². The Hall–Kier alpha value is -2.35. The van der Waals surface area contributed by atoms with Gasteiger partial charge in [0.05, 0.1) is 10.6 Å². The number of amides is 2. The molecule has 5 nitrogen and oxygen atoms in total. The Balaban J connectivity index is 1.70. The van der Waals surface area contributed by atoms with Gasteiger partial charge in [-0.05, 0) is 41.8 Å². The van der Waals surface area contributed by atoms with Crippen LogP contribution in [0.3, 0.4) is 0 Å². The number of benzene rings is 2. The fourth-order valence-corrected chi connectivity index (χ4v) is 4.01. The minimum atomic E-state index is -0.484. The first-order chi connectivity index (χ1) is 13.4. The summed E-state index contributed by atoms with van der Waals surface area (Å²) in [5.74, 6) is -0.916. The second kappa shape index (κ2) is 8.77. The number of thioether (sulfide) groups is 1. The number of aryl methyl sites for hydroxylation is 1. The predicted molar refractivity (Wildman–Crippen MR) is 117 cm³/mol. The summed E-state index contributed by atoms with van der Waals surface area (Å²) in [6.45, 7) is 1.83. The lowest BCUT2D eigenvalue weighted by Gasteiger charge is -2.14. The number of hydrogen-bond acceptors (Lipinski definition) is 5. The van der Waals surface area contributed by atoms with E-state index < -0.39 is 5.91 Å². The van der Waals surface area contributed by atoms with Crippen LogP contribution in [0.4, 0.5) is 5.69 Å². The fraction of sp³-hybridized carbons (Fsp3) is 0.150. The van der Waals surface area contributed by atoms with Gasteiger partial charge in [0, 0.05) is 5.02 Å². The van der Waals surface area contributed by atoms with E-state index >= 15 is 0 Å². The zero-order valence-corrected chi connectivity index (χ0v) is 17.3. The minimum absolute atomic E-state index is 0.112. The molecule has 1 aliphatic heterocycles. The number of phenolic OH excluding ortho intramolecular Hbond substituents is 1. The summed E-state index contributed by atoms with van der Waals surface area (Å²) in [7, 11) is 0. The SMILES string of the molecule is CCc1ccc(/C=C2\SC(=S)N(CC(=O)Nc3cc(Cl)ccc3O)C2=O)cc1. The van der Waals surface area contributed by atoms with Gasteiger partial charge in [0.2, 0.25) is 5.91 Å². The molecule has 3 rings (SSSR count). The molecule has 0 saturated carbocycles. The Morgan fingerprint density at radius 3 is 2.68 bits per heavy atom. The van der Waals surface area contributed by atoms with Crippen molar-refractivity contribution in [3.63, 3.8) is 0 Å². The highest BCUT2D eigenvalue weighted by Crippen LogP contribution is 2.33. The quantitative estimate of drug-likeness (QED) is 0.415. The summed E-state index contributed by atoms with van der Waals surface area (Å²) in [5.41, 5.74) is 2.28. The molecule has 0 bridgehead atoms. The number of nitrogens with zero attached hydrogens (tertiary/aromatic N) is 1. The summed E-state index contributed by atoms with van der Waals surface area (Å²) >= 11 is 12.3. The van der Waals surface area contributed by atoms with Crippen LogP contribution < -0.4 is 5.32 Å². The average Bonchev–Trinajstić information content (AvgIpc) is 2.92. The van der Waals surface area contributed by atoms with E-state index in [1.165, 1.54) is 28.7 Å². The van der Waals surface area contributed by atoms with Crippen molar-refractivity contribution in [2.75, 3.05) is 11.9 Å². The molecule has 0 aromatic heterocycles. The van der Waals surface area contributed by atoms with Crippen molar-refractivity contribution in [3.05, 3.63) is 63.5 Å². The maximum absolute atomic E-state index is 12.7.